The molecule has 4 N–H and O–H groups in total. The van der Waals surface area contributed by atoms with Crippen LogP contribution < -0.4 is 10.6 Å². The Balaban J connectivity index is 1.39. The molecule has 10 heteroatoms. The van der Waals surface area contributed by atoms with Crippen molar-refractivity contribution >= 4 is 40.7 Å². The van der Waals surface area contributed by atoms with E-state index in [2.05, 4.69) is 20.5 Å². The number of carbonyl (C=O) groups is 3. The van der Waals surface area contributed by atoms with E-state index < -0.39 is 23.2 Å². The molecular weight excluding hydrogens is 477 g/mol. The van der Waals surface area contributed by atoms with Gasteiger partial charge in [0.15, 0.2) is 0 Å². The number of hydrogen-bond acceptors (Lipinski definition) is 5. The van der Waals surface area contributed by atoms with Crippen molar-refractivity contribution in [3.63, 3.8) is 0 Å². The number of aromatic amines is 1. The van der Waals surface area contributed by atoms with Crippen LogP contribution >= 0.6 is 0 Å². The largest absolute Gasteiger partial charge is 0.381 e. The summed E-state index contributed by atoms with van der Waals surface area (Å²) in [5, 5.41) is 14.9. The van der Waals surface area contributed by atoms with Crippen molar-refractivity contribution in [2.45, 2.75) is 45.6 Å². The second-order valence-corrected chi connectivity index (χ2v) is 10.5. The summed E-state index contributed by atoms with van der Waals surface area (Å²) in [6, 6.07) is 2.52. The number of amides is 3. The lowest BCUT2D eigenvalue weighted by molar-refractivity contribution is -0.130. The Morgan fingerprint density at radius 1 is 1.19 bits per heavy atom. The summed E-state index contributed by atoms with van der Waals surface area (Å²) in [7, 11) is 0. The molecule has 2 aromatic rings. The zero-order chi connectivity index (χ0) is 26.5. The third-order valence-electron chi connectivity index (χ3n) is 7.37. The Morgan fingerprint density at radius 2 is 1.92 bits per heavy atom. The molecule has 0 radical (unpaired) electrons. The summed E-state index contributed by atoms with van der Waals surface area (Å²) in [5.74, 6) is -1.91. The number of likely N-dealkylation sites (tertiary alicyclic amines) is 1. The van der Waals surface area contributed by atoms with Crippen LogP contribution in [0.25, 0.3) is 11.6 Å². The molecule has 0 bridgehead atoms. The molecule has 4 heterocycles. The normalized spacial score (nSPS) is 18.8. The predicted molar refractivity (Wildman–Crippen MR) is 139 cm³/mol. The summed E-state index contributed by atoms with van der Waals surface area (Å²) in [4.78, 5) is 45.8. The average molecular weight is 510 g/mol. The molecule has 0 aliphatic carbocycles. The first-order valence-corrected chi connectivity index (χ1v) is 12.7. The number of nitrogens with one attached hydrogen (secondary N) is 3. The molecule has 0 unspecified atom stereocenters. The second kappa shape index (κ2) is 9.42. The minimum absolute atomic E-state index is 0.00615. The van der Waals surface area contributed by atoms with Gasteiger partial charge in [-0.2, -0.15) is 0 Å². The molecule has 3 amide bonds. The molecular formula is C27H32FN5O4. The maximum Gasteiger partial charge on any atom is 0.256 e. The molecule has 1 saturated heterocycles. The Bertz CT molecular complexity index is 1320. The van der Waals surface area contributed by atoms with Gasteiger partial charge in [0, 0.05) is 43.0 Å². The fraction of sp³-hybridized carbons (Fsp3) is 0.444. The molecule has 0 atom stereocenters. The van der Waals surface area contributed by atoms with Crippen LogP contribution in [-0.4, -0.2) is 75.9 Å². The van der Waals surface area contributed by atoms with E-state index in [0.717, 1.165) is 30.9 Å². The van der Waals surface area contributed by atoms with Gasteiger partial charge in [0.2, 0.25) is 0 Å². The van der Waals surface area contributed by atoms with Gasteiger partial charge in [0.05, 0.1) is 22.5 Å². The number of fused-ring (bicyclic) bond motifs is 2. The smallest absolute Gasteiger partial charge is 0.256 e. The maximum absolute atomic E-state index is 14.9. The number of H-pyrrole nitrogens is 1. The van der Waals surface area contributed by atoms with Crippen LogP contribution in [0.2, 0.25) is 0 Å². The molecule has 1 fully saturated rings. The van der Waals surface area contributed by atoms with Crippen molar-refractivity contribution in [3.8, 4) is 0 Å². The van der Waals surface area contributed by atoms with Gasteiger partial charge in [0.1, 0.15) is 11.4 Å². The molecule has 0 spiro atoms. The Morgan fingerprint density at radius 3 is 2.62 bits per heavy atom. The fourth-order valence-electron chi connectivity index (χ4n) is 5.16. The summed E-state index contributed by atoms with van der Waals surface area (Å²) < 4.78 is 14.9. The molecule has 5 rings (SSSR count). The van der Waals surface area contributed by atoms with Crippen molar-refractivity contribution in [2.75, 3.05) is 43.4 Å². The number of nitrogens with zero attached hydrogens (tertiary/aromatic N) is 2. The van der Waals surface area contributed by atoms with E-state index in [1.54, 1.807) is 6.08 Å². The quantitative estimate of drug-likeness (QED) is 0.447. The van der Waals surface area contributed by atoms with Crippen molar-refractivity contribution in [2.24, 2.45) is 0 Å². The first kappa shape index (κ1) is 25.2. The van der Waals surface area contributed by atoms with E-state index in [1.165, 1.54) is 38.8 Å². The van der Waals surface area contributed by atoms with Crippen LogP contribution in [0.5, 0.6) is 0 Å². The van der Waals surface area contributed by atoms with Gasteiger partial charge in [-0.15, -0.1) is 0 Å². The van der Waals surface area contributed by atoms with Crippen LogP contribution in [0.1, 0.15) is 59.6 Å². The van der Waals surface area contributed by atoms with Gasteiger partial charge in [-0.1, -0.05) is 0 Å². The molecule has 37 heavy (non-hydrogen) atoms. The summed E-state index contributed by atoms with van der Waals surface area (Å²) in [5.41, 5.74) is 2.02. The van der Waals surface area contributed by atoms with Crippen LogP contribution in [0.3, 0.4) is 0 Å². The van der Waals surface area contributed by atoms with Gasteiger partial charge < -0.3 is 30.5 Å². The van der Waals surface area contributed by atoms with Gasteiger partial charge in [-0.25, -0.2) is 4.39 Å². The van der Waals surface area contributed by atoms with E-state index in [1.807, 2.05) is 11.8 Å². The third-order valence-corrected chi connectivity index (χ3v) is 7.37. The molecule has 1 aromatic heterocycles. The Kier molecular flexibility index (Phi) is 6.41. The third kappa shape index (κ3) is 4.78. The standard InChI is InChI=1S/C27H32FN5O4/c1-15-20(29-19-6-9-33(25(35)23(15)19)11-10-32-7-4-5-8-32)13-17-16-12-18(28)22(14-21(16)30-24(17)34)31-26(36)27(2,3)37/h12-14,29,37H,4-11H2,1-3H3,(H,30,34)(H,31,36)/b17-13+. The fourth-order valence-corrected chi connectivity index (χ4v) is 5.16. The van der Waals surface area contributed by atoms with E-state index in [0.29, 0.717) is 42.0 Å². The van der Waals surface area contributed by atoms with Crippen LogP contribution in [0.15, 0.2) is 12.1 Å². The molecule has 1 aromatic carbocycles. The molecule has 3 aliphatic heterocycles. The minimum Gasteiger partial charge on any atom is -0.381 e. The van der Waals surface area contributed by atoms with E-state index in [4.69, 9.17) is 0 Å². The van der Waals surface area contributed by atoms with Crippen molar-refractivity contribution in [1.29, 1.82) is 0 Å². The van der Waals surface area contributed by atoms with Crippen molar-refractivity contribution < 1.29 is 23.9 Å². The highest BCUT2D eigenvalue weighted by molar-refractivity contribution is 6.35. The van der Waals surface area contributed by atoms with Gasteiger partial charge in [-0.3, -0.25) is 14.4 Å². The van der Waals surface area contributed by atoms with Crippen LogP contribution in [0.4, 0.5) is 15.8 Å². The number of anilines is 2. The summed E-state index contributed by atoms with van der Waals surface area (Å²) in [6.45, 7) is 8.84. The first-order valence-electron chi connectivity index (χ1n) is 12.7. The van der Waals surface area contributed by atoms with Crippen LogP contribution in [0, 0.1) is 12.7 Å². The lowest BCUT2D eigenvalue weighted by Gasteiger charge is -2.29. The number of aromatic nitrogens is 1. The Labute approximate surface area is 214 Å². The average Bonchev–Trinajstić information content (AvgIpc) is 3.53. The summed E-state index contributed by atoms with van der Waals surface area (Å²) >= 11 is 0. The highest BCUT2D eigenvalue weighted by Gasteiger charge is 2.32. The number of hydrogen-bond donors (Lipinski definition) is 4. The number of rotatable bonds is 6. The second-order valence-electron chi connectivity index (χ2n) is 10.5. The SMILES string of the molecule is Cc1c(/C=C2/C(=O)Nc3cc(NC(=O)C(C)(C)O)c(F)cc32)[nH]c2c1C(=O)N(CCN1CCCC1)CC2. The highest BCUT2D eigenvalue weighted by Crippen LogP contribution is 2.37. The molecule has 196 valence electrons. The maximum atomic E-state index is 14.9. The monoisotopic (exact) mass is 509 g/mol. The molecule has 3 aliphatic rings. The highest BCUT2D eigenvalue weighted by atomic mass is 19.1. The number of carbonyl (C=O) groups excluding carboxylic acids is 3. The van der Waals surface area contributed by atoms with E-state index in [9.17, 15) is 23.9 Å². The van der Waals surface area contributed by atoms with Gasteiger partial charge in [0.25, 0.3) is 17.7 Å². The predicted octanol–water partition coefficient (Wildman–Crippen LogP) is 2.76. The molecule has 0 saturated carbocycles. The number of halogens is 1. The van der Waals surface area contributed by atoms with Gasteiger partial charge >= 0.3 is 0 Å². The van der Waals surface area contributed by atoms with Crippen molar-refractivity contribution in [3.05, 3.63) is 46.0 Å². The molecule has 9 nitrogen and oxygen atoms in total. The zero-order valence-electron chi connectivity index (χ0n) is 21.3. The van der Waals surface area contributed by atoms with E-state index in [-0.39, 0.29) is 17.2 Å². The zero-order valence-corrected chi connectivity index (χ0v) is 21.3. The van der Waals surface area contributed by atoms with Gasteiger partial charge in [-0.05, 0) is 70.5 Å². The topological polar surface area (TPSA) is 118 Å². The van der Waals surface area contributed by atoms with E-state index >= 15 is 0 Å². The lowest BCUT2D eigenvalue weighted by Crippen LogP contribution is -2.42. The van der Waals surface area contributed by atoms with Crippen LogP contribution in [-0.2, 0) is 16.0 Å². The Hall–Kier alpha value is -3.50. The number of aliphatic hydroxyl groups is 1. The summed E-state index contributed by atoms with van der Waals surface area (Å²) in [6.07, 6.45) is 4.77. The minimum atomic E-state index is -1.69. The lowest BCUT2D eigenvalue weighted by atomic mass is 10.0. The number of benzene rings is 1. The van der Waals surface area contributed by atoms with Crippen molar-refractivity contribution in [1.82, 2.24) is 14.8 Å². The first-order chi connectivity index (χ1) is 17.5.